The average Bonchev–Trinajstić information content (AvgIpc) is 2.88. The molecule has 0 atom stereocenters. The van der Waals surface area contributed by atoms with E-state index in [1.54, 1.807) is 13.3 Å². The molecule has 2 rings (SSSR count). The SMILES string of the molecule is CNCc1occ(CC2CC2)c1C(=O)O. The fourth-order valence-corrected chi connectivity index (χ4v) is 1.77. The van der Waals surface area contributed by atoms with Crippen LogP contribution < -0.4 is 5.32 Å². The maximum absolute atomic E-state index is 11.1. The second-order valence-electron chi connectivity index (χ2n) is 4.04. The Labute approximate surface area is 88.3 Å². The Morgan fingerprint density at radius 3 is 2.93 bits per heavy atom. The Balaban J connectivity index is 2.23. The Morgan fingerprint density at radius 2 is 2.40 bits per heavy atom. The lowest BCUT2D eigenvalue weighted by Gasteiger charge is -1.99. The monoisotopic (exact) mass is 209 g/mol. The molecule has 1 aromatic rings. The Hall–Kier alpha value is -1.29. The van der Waals surface area contributed by atoms with Crippen molar-refractivity contribution >= 4 is 5.97 Å². The van der Waals surface area contributed by atoms with Gasteiger partial charge in [-0.2, -0.15) is 0 Å². The van der Waals surface area contributed by atoms with Gasteiger partial charge in [-0.1, -0.05) is 0 Å². The van der Waals surface area contributed by atoms with Crippen molar-refractivity contribution in [2.45, 2.75) is 25.8 Å². The van der Waals surface area contributed by atoms with Gasteiger partial charge >= 0.3 is 5.97 Å². The molecule has 0 aliphatic heterocycles. The minimum Gasteiger partial charge on any atom is -0.478 e. The molecule has 2 N–H and O–H groups in total. The molecule has 0 bridgehead atoms. The third kappa shape index (κ3) is 2.21. The summed E-state index contributed by atoms with van der Waals surface area (Å²) >= 11 is 0. The van der Waals surface area contributed by atoms with Crippen LogP contribution in [0, 0.1) is 5.92 Å². The summed E-state index contributed by atoms with van der Waals surface area (Å²) in [6.07, 6.45) is 4.86. The van der Waals surface area contributed by atoms with Crippen molar-refractivity contribution in [1.29, 1.82) is 0 Å². The lowest BCUT2D eigenvalue weighted by Crippen LogP contribution is -2.10. The van der Waals surface area contributed by atoms with Gasteiger partial charge in [0.2, 0.25) is 0 Å². The third-order valence-corrected chi connectivity index (χ3v) is 2.70. The largest absolute Gasteiger partial charge is 0.478 e. The highest BCUT2D eigenvalue weighted by atomic mass is 16.4. The molecule has 1 heterocycles. The Kier molecular flexibility index (Phi) is 2.77. The minimum atomic E-state index is -0.885. The molecule has 1 aliphatic carbocycles. The van der Waals surface area contributed by atoms with Gasteiger partial charge in [0.1, 0.15) is 11.3 Å². The fraction of sp³-hybridized carbons (Fsp3) is 0.545. The molecule has 0 aromatic carbocycles. The van der Waals surface area contributed by atoms with Crippen LogP contribution in [0.4, 0.5) is 0 Å². The number of carboxylic acids is 1. The van der Waals surface area contributed by atoms with Crippen LogP contribution in [0.5, 0.6) is 0 Å². The molecule has 0 unspecified atom stereocenters. The minimum absolute atomic E-state index is 0.358. The summed E-state index contributed by atoms with van der Waals surface area (Å²) in [5.74, 6) is 0.313. The predicted octanol–water partition coefficient (Wildman–Crippen LogP) is 1.65. The van der Waals surface area contributed by atoms with Gasteiger partial charge in [-0.25, -0.2) is 4.79 Å². The van der Waals surface area contributed by atoms with Crippen LogP contribution in [0.1, 0.15) is 34.5 Å². The standard InChI is InChI=1S/C11H15NO3/c1-12-5-9-10(11(13)14)8(6-15-9)4-7-2-3-7/h6-7,12H,2-5H2,1H3,(H,13,14). The van der Waals surface area contributed by atoms with Gasteiger partial charge in [0, 0.05) is 5.56 Å². The van der Waals surface area contributed by atoms with Crippen molar-refractivity contribution in [3.05, 3.63) is 23.2 Å². The first-order chi connectivity index (χ1) is 7.22. The molecule has 82 valence electrons. The highest BCUT2D eigenvalue weighted by molar-refractivity contribution is 5.90. The molecule has 0 saturated heterocycles. The maximum atomic E-state index is 11.1. The van der Waals surface area contributed by atoms with E-state index in [0.29, 0.717) is 23.8 Å². The number of rotatable bonds is 5. The van der Waals surface area contributed by atoms with Gasteiger partial charge < -0.3 is 14.8 Å². The van der Waals surface area contributed by atoms with Crippen molar-refractivity contribution in [1.82, 2.24) is 5.32 Å². The zero-order valence-electron chi connectivity index (χ0n) is 8.75. The average molecular weight is 209 g/mol. The molecule has 0 amide bonds. The van der Waals surface area contributed by atoms with Crippen molar-refractivity contribution in [3.8, 4) is 0 Å². The summed E-state index contributed by atoms with van der Waals surface area (Å²) in [6, 6.07) is 0. The molecular formula is C11H15NO3. The molecule has 0 spiro atoms. The van der Waals surface area contributed by atoms with E-state index in [1.807, 2.05) is 0 Å². The van der Waals surface area contributed by atoms with Crippen molar-refractivity contribution in [2.24, 2.45) is 5.92 Å². The summed E-state index contributed by atoms with van der Waals surface area (Å²) in [6.45, 7) is 0.465. The predicted molar refractivity (Wildman–Crippen MR) is 54.9 cm³/mol. The van der Waals surface area contributed by atoms with Gasteiger partial charge in [-0.3, -0.25) is 0 Å². The second kappa shape index (κ2) is 4.06. The lowest BCUT2D eigenvalue weighted by molar-refractivity contribution is 0.0693. The van der Waals surface area contributed by atoms with Gasteiger partial charge in [0.25, 0.3) is 0 Å². The van der Waals surface area contributed by atoms with E-state index in [1.165, 1.54) is 12.8 Å². The highest BCUT2D eigenvalue weighted by Crippen LogP contribution is 2.34. The van der Waals surface area contributed by atoms with E-state index in [4.69, 9.17) is 9.52 Å². The van der Waals surface area contributed by atoms with Crippen LogP contribution in [-0.2, 0) is 13.0 Å². The third-order valence-electron chi connectivity index (χ3n) is 2.70. The van der Waals surface area contributed by atoms with Crippen molar-refractivity contribution in [2.75, 3.05) is 7.05 Å². The topological polar surface area (TPSA) is 62.5 Å². The number of nitrogens with one attached hydrogen (secondary N) is 1. The van der Waals surface area contributed by atoms with E-state index in [2.05, 4.69) is 5.32 Å². The van der Waals surface area contributed by atoms with E-state index in [9.17, 15) is 4.79 Å². The summed E-state index contributed by atoms with van der Waals surface area (Å²) in [4.78, 5) is 11.1. The van der Waals surface area contributed by atoms with Crippen LogP contribution in [0.3, 0.4) is 0 Å². The fourth-order valence-electron chi connectivity index (χ4n) is 1.77. The molecule has 1 aromatic heterocycles. The molecular weight excluding hydrogens is 194 g/mol. The van der Waals surface area contributed by atoms with Crippen molar-refractivity contribution in [3.63, 3.8) is 0 Å². The first-order valence-corrected chi connectivity index (χ1v) is 5.19. The summed E-state index contributed by atoms with van der Waals surface area (Å²) < 4.78 is 5.28. The number of carbonyl (C=O) groups is 1. The van der Waals surface area contributed by atoms with Crippen LogP contribution in [0.2, 0.25) is 0 Å². The van der Waals surface area contributed by atoms with E-state index in [0.717, 1.165) is 12.0 Å². The zero-order chi connectivity index (χ0) is 10.8. The zero-order valence-corrected chi connectivity index (χ0v) is 8.75. The maximum Gasteiger partial charge on any atom is 0.339 e. The summed E-state index contributed by atoms with van der Waals surface area (Å²) in [7, 11) is 1.77. The lowest BCUT2D eigenvalue weighted by atomic mass is 10.1. The molecule has 1 aliphatic rings. The van der Waals surface area contributed by atoms with Crippen LogP contribution in [0.15, 0.2) is 10.7 Å². The normalized spacial score (nSPS) is 15.5. The van der Waals surface area contributed by atoms with Crippen LogP contribution >= 0.6 is 0 Å². The molecule has 1 saturated carbocycles. The van der Waals surface area contributed by atoms with Gasteiger partial charge in [0.15, 0.2) is 0 Å². The van der Waals surface area contributed by atoms with E-state index < -0.39 is 5.97 Å². The smallest absolute Gasteiger partial charge is 0.339 e. The molecule has 1 fully saturated rings. The second-order valence-corrected chi connectivity index (χ2v) is 4.04. The number of hydrogen-bond donors (Lipinski definition) is 2. The number of furan rings is 1. The first kappa shape index (κ1) is 10.2. The highest BCUT2D eigenvalue weighted by Gasteiger charge is 2.27. The van der Waals surface area contributed by atoms with Crippen molar-refractivity contribution < 1.29 is 14.3 Å². The Morgan fingerprint density at radius 1 is 1.67 bits per heavy atom. The van der Waals surface area contributed by atoms with Gasteiger partial charge in [-0.05, 0) is 32.2 Å². The van der Waals surface area contributed by atoms with E-state index >= 15 is 0 Å². The summed E-state index contributed by atoms with van der Waals surface area (Å²) in [5, 5.41) is 12.0. The summed E-state index contributed by atoms with van der Waals surface area (Å²) in [5.41, 5.74) is 1.20. The first-order valence-electron chi connectivity index (χ1n) is 5.19. The Bertz CT molecular complexity index is 366. The van der Waals surface area contributed by atoms with Crippen LogP contribution in [-0.4, -0.2) is 18.1 Å². The number of carboxylic acid groups (broad SMARTS) is 1. The van der Waals surface area contributed by atoms with Gasteiger partial charge in [0.05, 0.1) is 12.8 Å². The van der Waals surface area contributed by atoms with Gasteiger partial charge in [-0.15, -0.1) is 0 Å². The van der Waals surface area contributed by atoms with Crippen LogP contribution in [0.25, 0.3) is 0 Å². The molecule has 0 radical (unpaired) electrons. The molecule has 4 heteroatoms. The number of aromatic carboxylic acids is 1. The molecule has 15 heavy (non-hydrogen) atoms. The molecule has 4 nitrogen and oxygen atoms in total. The van der Waals surface area contributed by atoms with E-state index in [-0.39, 0.29) is 0 Å². The quantitative estimate of drug-likeness (QED) is 0.774. The number of hydrogen-bond acceptors (Lipinski definition) is 3.